The van der Waals surface area contributed by atoms with Crippen molar-refractivity contribution in [1.82, 2.24) is 20.0 Å². The second kappa shape index (κ2) is 5.80. The maximum absolute atomic E-state index is 11.8. The van der Waals surface area contributed by atoms with E-state index in [1.807, 2.05) is 0 Å². The first-order valence-corrected chi connectivity index (χ1v) is 6.83. The largest absolute Gasteiger partial charge is 0.481 e. The smallest absolute Gasteiger partial charge is 0.313 e. The Hall–Kier alpha value is -1.94. The molecule has 8 nitrogen and oxygen atoms in total. The Bertz CT molecular complexity index is 609. The minimum atomic E-state index is -0.929. The van der Waals surface area contributed by atoms with Crippen LogP contribution in [-0.2, 0) is 11.8 Å². The predicted molar refractivity (Wildman–Crippen MR) is 69.4 cm³/mol. The van der Waals surface area contributed by atoms with Crippen molar-refractivity contribution in [2.24, 2.45) is 7.05 Å². The summed E-state index contributed by atoms with van der Waals surface area (Å²) < 4.78 is 2.01. The quantitative estimate of drug-likeness (QED) is 0.617. The van der Waals surface area contributed by atoms with E-state index in [0.717, 1.165) is 23.1 Å². The SMILES string of the molecule is Cn1cc(C(=O)Nc2nnc(SCC(=O)O)s2)cn1. The minimum Gasteiger partial charge on any atom is -0.481 e. The van der Waals surface area contributed by atoms with Crippen LogP contribution in [0.5, 0.6) is 0 Å². The van der Waals surface area contributed by atoms with E-state index in [0.29, 0.717) is 15.0 Å². The highest BCUT2D eigenvalue weighted by Crippen LogP contribution is 2.25. The zero-order valence-electron chi connectivity index (χ0n) is 9.73. The lowest BCUT2D eigenvalue weighted by Crippen LogP contribution is -2.10. The third-order valence-electron chi connectivity index (χ3n) is 1.91. The summed E-state index contributed by atoms with van der Waals surface area (Å²) in [5.74, 6) is -1.36. The summed E-state index contributed by atoms with van der Waals surface area (Å²) in [6.07, 6.45) is 3.02. The van der Waals surface area contributed by atoms with Gasteiger partial charge in [-0.1, -0.05) is 23.1 Å². The van der Waals surface area contributed by atoms with Gasteiger partial charge in [0.05, 0.1) is 17.5 Å². The Labute approximate surface area is 115 Å². The van der Waals surface area contributed by atoms with Crippen molar-refractivity contribution < 1.29 is 14.7 Å². The van der Waals surface area contributed by atoms with Crippen molar-refractivity contribution in [3.63, 3.8) is 0 Å². The summed E-state index contributed by atoms with van der Waals surface area (Å²) >= 11 is 2.18. The van der Waals surface area contributed by atoms with E-state index in [2.05, 4.69) is 20.6 Å². The molecule has 2 N–H and O–H groups in total. The number of anilines is 1. The molecule has 1 amide bonds. The van der Waals surface area contributed by atoms with Crippen LogP contribution in [0.1, 0.15) is 10.4 Å². The molecule has 100 valence electrons. The number of carboxylic acid groups (broad SMARTS) is 1. The number of amides is 1. The number of aromatic nitrogens is 4. The van der Waals surface area contributed by atoms with Crippen molar-refractivity contribution in [2.75, 3.05) is 11.1 Å². The van der Waals surface area contributed by atoms with Gasteiger partial charge < -0.3 is 5.11 Å². The molecule has 0 bridgehead atoms. The standard InChI is InChI=1S/C9H9N5O3S2/c1-14-3-5(2-10-14)7(17)11-8-12-13-9(19-8)18-4-6(15)16/h2-3H,4H2,1H3,(H,15,16)(H,11,12,17). The molecule has 0 aromatic carbocycles. The molecule has 19 heavy (non-hydrogen) atoms. The third kappa shape index (κ3) is 3.76. The summed E-state index contributed by atoms with van der Waals surface area (Å²) in [6.45, 7) is 0. The van der Waals surface area contributed by atoms with Gasteiger partial charge in [-0.2, -0.15) is 5.10 Å². The number of rotatable bonds is 5. The van der Waals surface area contributed by atoms with E-state index in [1.54, 1.807) is 13.2 Å². The second-order valence-electron chi connectivity index (χ2n) is 3.41. The molecular weight excluding hydrogens is 290 g/mol. The van der Waals surface area contributed by atoms with Crippen molar-refractivity contribution in [2.45, 2.75) is 4.34 Å². The highest BCUT2D eigenvalue weighted by molar-refractivity contribution is 8.01. The van der Waals surface area contributed by atoms with Crippen molar-refractivity contribution in [3.05, 3.63) is 18.0 Å². The lowest BCUT2D eigenvalue weighted by atomic mass is 10.3. The maximum Gasteiger partial charge on any atom is 0.313 e. The molecule has 2 heterocycles. The Morgan fingerprint density at radius 3 is 2.95 bits per heavy atom. The first-order chi connectivity index (χ1) is 9.04. The highest BCUT2D eigenvalue weighted by Gasteiger charge is 2.12. The van der Waals surface area contributed by atoms with Crippen LogP contribution in [0.25, 0.3) is 0 Å². The Balaban J connectivity index is 1.96. The van der Waals surface area contributed by atoms with Crippen LogP contribution in [0.15, 0.2) is 16.7 Å². The zero-order chi connectivity index (χ0) is 13.8. The fourth-order valence-electron chi connectivity index (χ4n) is 1.15. The van der Waals surface area contributed by atoms with E-state index in [9.17, 15) is 9.59 Å². The van der Waals surface area contributed by atoms with Gasteiger partial charge in [-0.05, 0) is 0 Å². The summed E-state index contributed by atoms with van der Waals surface area (Å²) in [5.41, 5.74) is 0.414. The van der Waals surface area contributed by atoms with Crippen molar-refractivity contribution in [1.29, 1.82) is 0 Å². The van der Waals surface area contributed by atoms with Gasteiger partial charge in [0.2, 0.25) is 5.13 Å². The Morgan fingerprint density at radius 1 is 1.53 bits per heavy atom. The van der Waals surface area contributed by atoms with Crippen LogP contribution >= 0.6 is 23.1 Å². The molecule has 0 saturated heterocycles. The van der Waals surface area contributed by atoms with Crippen LogP contribution in [0, 0.1) is 0 Å². The predicted octanol–water partition coefficient (Wildman–Crippen LogP) is 0.701. The second-order valence-corrected chi connectivity index (χ2v) is 5.61. The number of aryl methyl sites for hydroxylation is 1. The van der Waals surface area contributed by atoms with Gasteiger partial charge in [-0.15, -0.1) is 10.2 Å². The van der Waals surface area contributed by atoms with Gasteiger partial charge in [-0.25, -0.2) is 0 Å². The van der Waals surface area contributed by atoms with E-state index in [-0.39, 0.29) is 11.7 Å². The molecule has 0 radical (unpaired) electrons. The van der Waals surface area contributed by atoms with Crippen LogP contribution in [0.3, 0.4) is 0 Å². The summed E-state index contributed by atoms with van der Waals surface area (Å²) in [4.78, 5) is 22.2. The maximum atomic E-state index is 11.8. The summed E-state index contributed by atoms with van der Waals surface area (Å²) in [6, 6.07) is 0. The summed E-state index contributed by atoms with van der Waals surface area (Å²) in [7, 11) is 1.71. The van der Waals surface area contributed by atoms with E-state index < -0.39 is 5.97 Å². The molecule has 0 fully saturated rings. The van der Waals surface area contributed by atoms with Gasteiger partial charge in [0.1, 0.15) is 0 Å². The molecule has 0 aliphatic rings. The molecule has 2 rings (SSSR count). The number of carbonyl (C=O) groups is 2. The molecule has 0 aliphatic heterocycles. The Kier molecular flexibility index (Phi) is 4.12. The van der Waals surface area contributed by atoms with Crippen LogP contribution in [0.2, 0.25) is 0 Å². The zero-order valence-corrected chi connectivity index (χ0v) is 11.4. The van der Waals surface area contributed by atoms with Crippen LogP contribution < -0.4 is 5.32 Å². The van der Waals surface area contributed by atoms with E-state index >= 15 is 0 Å². The van der Waals surface area contributed by atoms with Gasteiger partial charge in [-0.3, -0.25) is 19.6 Å². The number of nitrogens with one attached hydrogen (secondary N) is 1. The van der Waals surface area contributed by atoms with Gasteiger partial charge >= 0.3 is 5.97 Å². The highest BCUT2D eigenvalue weighted by atomic mass is 32.2. The van der Waals surface area contributed by atoms with E-state index in [4.69, 9.17) is 5.11 Å². The molecular formula is C9H9N5O3S2. The lowest BCUT2D eigenvalue weighted by molar-refractivity contribution is -0.133. The number of carbonyl (C=O) groups excluding carboxylic acids is 1. The van der Waals surface area contributed by atoms with Crippen molar-refractivity contribution >= 4 is 40.1 Å². The Morgan fingerprint density at radius 2 is 2.32 bits per heavy atom. The number of hydrogen-bond donors (Lipinski definition) is 2. The molecule has 2 aromatic heterocycles. The molecule has 0 spiro atoms. The molecule has 0 atom stereocenters. The third-order valence-corrected chi connectivity index (χ3v) is 3.87. The minimum absolute atomic E-state index is 0.0921. The van der Waals surface area contributed by atoms with Crippen molar-refractivity contribution in [3.8, 4) is 0 Å². The first-order valence-electron chi connectivity index (χ1n) is 5.02. The topological polar surface area (TPSA) is 110 Å². The van der Waals surface area contributed by atoms with Crippen LogP contribution in [0.4, 0.5) is 5.13 Å². The molecule has 2 aromatic rings. The number of carboxylic acids is 1. The summed E-state index contributed by atoms with van der Waals surface area (Å²) in [5, 5.41) is 22.8. The lowest BCUT2D eigenvalue weighted by Gasteiger charge is -1.96. The molecule has 0 aliphatic carbocycles. The normalized spacial score (nSPS) is 10.4. The molecule has 0 unspecified atom stereocenters. The van der Waals surface area contributed by atoms with Gasteiger partial charge in [0.25, 0.3) is 5.91 Å². The number of nitrogens with zero attached hydrogens (tertiary/aromatic N) is 4. The van der Waals surface area contributed by atoms with Gasteiger partial charge in [0, 0.05) is 13.2 Å². The number of thioether (sulfide) groups is 1. The fraction of sp³-hybridized carbons (Fsp3) is 0.222. The number of aliphatic carboxylic acids is 1. The van der Waals surface area contributed by atoms with Gasteiger partial charge in [0.15, 0.2) is 4.34 Å². The molecule has 10 heteroatoms. The van der Waals surface area contributed by atoms with Crippen LogP contribution in [-0.4, -0.2) is 42.7 Å². The average Bonchev–Trinajstić information content (AvgIpc) is 2.95. The number of hydrogen-bond acceptors (Lipinski definition) is 7. The first kappa shape index (κ1) is 13.5. The van der Waals surface area contributed by atoms with E-state index in [1.165, 1.54) is 10.9 Å². The monoisotopic (exact) mass is 299 g/mol. The average molecular weight is 299 g/mol. The molecule has 0 saturated carbocycles. The fourth-order valence-corrected chi connectivity index (χ4v) is 2.62.